The van der Waals surface area contributed by atoms with Crippen molar-refractivity contribution in [2.24, 2.45) is 0 Å². The molecule has 1 heterocycles. The van der Waals surface area contributed by atoms with Gasteiger partial charge in [-0.3, -0.25) is 4.79 Å². The highest BCUT2D eigenvalue weighted by molar-refractivity contribution is 8.00. The minimum atomic E-state index is -0.790. The first-order valence-corrected chi connectivity index (χ1v) is 8.45. The van der Waals surface area contributed by atoms with E-state index >= 15 is 0 Å². The summed E-state index contributed by atoms with van der Waals surface area (Å²) in [5.74, 6) is 0.241. The summed E-state index contributed by atoms with van der Waals surface area (Å²) in [7, 11) is 0. The molecule has 0 radical (unpaired) electrons. The van der Waals surface area contributed by atoms with E-state index in [0.29, 0.717) is 6.42 Å². The number of hydrogen-bond donors (Lipinski definition) is 2. The highest BCUT2D eigenvalue weighted by Crippen LogP contribution is 2.22. The maximum Gasteiger partial charge on any atom is 0.323 e. The predicted octanol–water partition coefficient (Wildman–Crippen LogP) is 3.25. The minimum absolute atomic E-state index is 0.667. The van der Waals surface area contributed by atoms with Gasteiger partial charge >= 0.3 is 5.97 Å². The van der Waals surface area contributed by atoms with Crippen LogP contribution in [-0.2, 0) is 4.79 Å². The number of thiazole rings is 1. The molecule has 0 aromatic carbocycles. The number of aliphatic carboxylic acids is 1. The van der Waals surface area contributed by atoms with Crippen molar-refractivity contribution in [3.8, 4) is 0 Å². The van der Waals surface area contributed by atoms with E-state index in [-0.39, 0.29) is 0 Å². The van der Waals surface area contributed by atoms with Crippen molar-refractivity contribution in [1.29, 1.82) is 0 Å². The molecule has 0 bridgehead atoms. The van der Waals surface area contributed by atoms with Gasteiger partial charge in [0.15, 0.2) is 0 Å². The Morgan fingerprint density at radius 3 is 2.95 bits per heavy atom. The molecule has 1 unspecified atom stereocenters. The van der Waals surface area contributed by atoms with Gasteiger partial charge in [-0.25, -0.2) is 4.98 Å². The fourth-order valence-electron chi connectivity index (χ4n) is 1.69. The second-order valence-corrected chi connectivity index (χ2v) is 6.90. The Morgan fingerprint density at radius 1 is 1.58 bits per heavy atom. The number of carboxylic acids is 1. The van der Waals surface area contributed by atoms with E-state index in [2.05, 4.69) is 10.3 Å². The zero-order chi connectivity index (χ0) is 14.1. The van der Waals surface area contributed by atoms with Crippen LogP contribution in [0.1, 0.15) is 39.5 Å². The summed E-state index contributed by atoms with van der Waals surface area (Å²) < 4.78 is 1.09. The van der Waals surface area contributed by atoms with Crippen molar-refractivity contribution in [3.05, 3.63) is 11.6 Å². The third-order valence-electron chi connectivity index (χ3n) is 2.94. The van der Waals surface area contributed by atoms with Gasteiger partial charge in [-0.15, -0.1) is 11.3 Å². The summed E-state index contributed by atoms with van der Waals surface area (Å²) in [6.07, 6.45) is 5.35. The number of carboxylic acid groups (broad SMARTS) is 1. The van der Waals surface area contributed by atoms with Gasteiger partial charge in [-0.05, 0) is 32.7 Å². The van der Waals surface area contributed by atoms with Gasteiger partial charge in [-0.1, -0.05) is 25.1 Å². The standard InChI is InChI=1S/C13H22N2O2S2/c1-3-7-15-13(2,11(16)17)6-4-5-9-18-12-14-8-10-19-12/h8,10,15H,3-7,9H2,1-2H3,(H,16,17). The number of rotatable bonds is 10. The molecule has 1 atom stereocenters. The Morgan fingerprint density at radius 2 is 2.37 bits per heavy atom. The van der Waals surface area contributed by atoms with Gasteiger partial charge in [0.25, 0.3) is 0 Å². The molecule has 2 N–H and O–H groups in total. The van der Waals surface area contributed by atoms with Crippen LogP contribution in [-0.4, -0.2) is 33.9 Å². The van der Waals surface area contributed by atoms with E-state index in [4.69, 9.17) is 0 Å². The first-order chi connectivity index (χ1) is 9.08. The van der Waals surface area contributed by atoms with Gasteiger partial charge in [-0.2, -0.15) is 0 Å². The van der Waals surface area contributed by atoms with Crippen LogP contribution in [0.3, 0.4) is 0 Å². The molecule has 0 aliphatic rings. The molecular formula is C13H22N2O2S2. The molecule has 1 aromatic rings. The SMILES string of the molecule is CCCNC(C)(CCCCSc1nccs1)C(=O)O. The van der Waals surface area contributed by atoms with Crippen LogP contribution >= 0.6 is 23.1 Å². The van der Waals surface area contributed by atoms with E-state index in [0.717, 1.165) is 35.9 Å². The lowest BCUT2D eigenvalue weighted by Gasteiger charge is -2.26. The minimum Gasteiger partial charge on any atom is -0.480 e. The summed E-state index contributed by atoms with van der Waals surface area (Å²) in [6.45, 7) is 4.57. The van der Waals surface area contributed by atoms with Crippen LogP contribution in [0.15, 0.2) is 15.9 Å². The molecule has 0 saturated carbocycles. The summed E-state index contributed by atoms with van der Waals surface area (Å²) in [5.41, 5.74) is -0.790. The van der Waals surface area contributed by atoms with Crippen LogP contribution in [0.5, 0.6) is 0 Å². The van der Waals surface area contributed by atoms with Gasteiger partial charge in [0.05, 0.1) is 0 Å². The topological polar surface area (TPSA) is 62.2 Å². The lowest BCUT2D eigenvalue weighted by Crippen LogP contribution is -2.49. The number of aromatic nitrogens is 1. The van der Waals surface area contributed by atoms with Gasteiger partial charge in [0.2, 0.25) is 0 Å². The monoisotopic (exact) mass is 302 g/mol. The highest BCUT2D eigenvalue weighted by atomic mass is 32.2. The summed E-state index contributed by atoms with van der Waals surface area (Å²) in [6, 6.07) is 0. The van der Waals surface area contributed by atoms with Gasteiger partial charge < -0.3 is 10.4 Å². The van der Waals surface area contributed by atoms with E-state index in [9.17, 15) is 9.90 Å². The van der Waals surface area contributed by atoms with Gasteiger partial charge in [0, 0.05) is 17.3 Å². The lowest BCUT2D eigenvalue weighted by molar-refractivity contribution is -0.144. The van der Waals surface area contributed by atoms with Crippen molar-refractivity contribution in [3.63, 3.8) is 0 Å². The predicted molar refractivity (Wildman–Crippen MR) is 81.0 cm³/mol. The maximum atomic E-state index is 11.3. The zero-order valence-electron chi connectivity index (χ0n) is 11.5. The van der Waals surface area contributed by atoms with E-state index in [1.807, 2.05) is 18.5 Å². The van der Waals surface area contributed by atoms with E-state index in [1.165, 1.54) is 0 Å². The Labute approximate surface area is 123 Å². The summed E-state index contributed by atoms with van der Waals surface area (Å²) in [5, 5.41) is 14.4. The fraction of sp³-hybridized carbons (Fsp3) is 0.692. The number of hydrogen-bond acceptors (Lipinski definition) is 5. The Hall–Kier alpha value is -0.590. The molecule has 19 heavy (non-hydrogen) atoms. The Bertz CT molecular complexity index is 371. The van der Waals surface area contributed by atoms with Crippen molar-refractivity contribution >= 4 is 29.1 Å². The third kappa shape index (κ3) is 5.93. The number of nitrogens with zero attached hydrogens (tertiary/aromatic N) is 1. The first kappa shape index (κ1) is 16.5. The lowest BCUT2D eigenvalue weighted by atomic mass is 9.95. The van der Waals surface area contributed by atoms with Crippen molar-refractivity contribution in [1.82, 2.24) is 10.3 Å². The molecule has 0 aliphatic carbocycles. The van der Waals surface area contributed by atoms with E-state index < -0.39 is 11.5 Å². The second kappa shape index (κ2) is 8.55. The average Bonchev–Trinajstić information content (AvgIpc) is 2.89. The molecule has 0 fully saturated rings. The molecule has 0 amide bonds. The van der Waals surface area contributed by atoms with Crippen LogP contribution in [0.4, 0.5) is 0 Å². The molecule has 0 saturated heterocycles. The van der Waals surface area contributed by atoms with Gasteiger partial charge in [0.1, 0.15) is 9.88 Å². The number of unbranched alkanes of at least 4 members (excludes halogenated alkanes) is 1. The third-order valence-corrected chi connectivity index (χ3v) is 5.00. The van der Waals surface area contributed by atoms with Crippen LogP contribution in [0, 0.1) is 0 Å². The zero-order valence-corrected chi connectivity index (χ0v) is 13.1. The number of carbonyl (C=O) groups is 1. The molecule has 0 aliphatic heterocycles. The molecule has 1 rings (SSSR count). The molecule has 0 spiro atoms. The first-order valence-electron chi connectivity index (χ1n) is 6.59. The Balaban J connectivity index is 2.22. The average molecular weight is 302 g/mol. The normalized spacial score (nSPS) is 14.2. The number of nitrogens with one attached hydrogen (secondary N) is 1. The second-order valence-electron chi connectivity index (χ2n) is 4.67. The largest absolute Gasteiger partial charge is 0.480 e. The van der Waals surface area contributed by atoms with Crippen LogP contribution in [0.25, 0.3) is 0 Å². The van der Waals surface area contributed by atoms with Crippen molar-refractivity contribution in [2.45, 2.75) is 49.4 Å². The number of thioether (sulfide) groups is 1. The summed E-state index contributed by atoms with van der Waals surface area (Å²) in [4.78, 5) is 15.5. The van der Waals surface area contributed by atoms with Crippen LogP contribution in [0.2, 0.25) is 0 Å². The maximum absolute atomic E-state index is 11.3. The Kier molecular flexibility index (Phi) is 7.41. The van der Waals surface area contributed by atoms with Crippen LogP contribution < -0.4 is 5.32 Å². The molecular weight excluding hydrogens is 280 g/mol. The summed E-state index contributed by atoms with van der Waals surface area (Å²) >= 11 is 3.39. The molecule has 1 aromatic heterocycles. The fourth-order valence-corrected chi connectivity index (χ4v) is 3.40. The molecule has 108 valence electrons. The quantitative estimate of drug-likeness (QED) is 0.513. The molecule has 6 heteroatoms. The smallest absolute Gasteiger partial charge is 0.323 e. The van der Waals surface area contributed by atoms with Crippen molar-refractivity contribution < 1.29 is 9.90 Å². The highest BCUT2D eigenvalue weighted by Gasteiger charge is 2.31. The van der Waals surface area contributed by atoms with Crippen molar-refractivity contribution in [2.75, 3.05) is 12.3 Å². The van der Waals surface area contributed by atoms with E-state index in [1.54, 1.807) is 30.0 Å². The molecule has 4 nitrogen and oxygen atoms in total.